The van der Waals surface area contributed by atoms with E-state index in [2.05, 4.69) is 50.5 Å². The molecule has 19 heavy (non-hydrogen) atoms. The van der Waals surface area contributed by atoms with Crippen molar-refractivity contribution < 1.29 is 4.74 Å². The SMILES string of the molecule is CNC(CC1CCOC1)c1cccc(CC(C)C)c1. The summed E-state index contributed by atoms with van der Waals surface area (Å²) in [4.78, 5) is 0. The van der Waals surface area contributed by atoms with Crippen LogP contribution < -0.4 is 5.32 Å². The predicted molar refractivity (Wildman–Crippen MR) is 80.3 cm³/mol. The largest absolute Gasteiger partial charge is 0.381 e. The van der Waals surface area contributed by atoms with Gasteiger partial charge >= 0.3 is 0 Å². The summed E-state index contributed by atoms with van der Waals surface area (Å²) in [5.41, 5.74) is 2.88. The fourth-order valence-corrected chi connectivity index (χ4v) is 2.93. The van der Waals surface area contributed by atoms with Gasteiger partial charge < -0.3 is 10.1 Å². The number of ether oxygens (including phenoxy) is 1. The lowest BCUT2D eigenvalue weighted by Gasteiger charge is -2.20. The zero-order valence-corrected chi connectivity index (χ0v) is 12.5. The van der Waals surface area contributed by atoms with Gasteiger partial charge in [-0.2, -0.15) is 0 Å². The topological polar surface area (TPSA) is 21.3 Å². The van der Waals surface area contributed by atoms with Crippen LogP contribution in [0.1, 0.15) is 43.9 Å². The maximum Gasteiger partial charge on any atom is 0.0495 e. The first-order valence-corrected chi connectivity index (χ1v) is 7.53. The number of hydrogen-bond acceptors (Lipinski definition) is 2. The van der Waals surface area contributed by atoms with Gasteiger partial charge in [-0.1, -0.05) is 38.1 Å². The number of benzene rings is 1. The molecular formula is C17H27NO. The summed E-state index contributed by atoms with van der Waals surface area (Å²) < 4.78 is 5.49. The summed E-state index contributed by atoms with van der Waals surface area (Å²) >= 11 is 0. The molecule has 106 valence electrons. The van der Waals surface area contributed by atoms with Crippen molar-refractivity contribution in [2.75, 3.05) is 20.3 Å². The van der Waals surface area contributed by atoms with Crippen LogP contribution in [-0.2, 0) is 11.2 Å². The van der Waals surface area contributed by atoms with Crippen LogP contribution in [0, 0.1) is 11.8 Å². The average Bonchev–Trinajstić information content (AvgIpc) is 2.88. The Labute approximate surface area is 117 Å². The molecule has 0 radical (unpaired) electrons. The molecule has 0 aliphatic carbocycles. The van der Waals surface area contributed by atoms with Gasteiger partial charge in [0.05, 0.1) is 0 Å². The quantitative estimate of drug-likeness (QED) is 0.845. The van der Waals surface area contributed by atoms with E-state index in [1.54, 1.807) is 0 Å². The van der Waals surface area contributed by atoms with Crippen LogP contribution in [0.2, 0.25) is 0 Å². The highest BCUT2D eigenvalue weighted by Gasteiger charge is 2.21. The van der Waals surface area contributed by atoms with Crippen LogP contribution in [-0.4, -0.2) is 20.3 Å². The lowest BCUT2D eigenvalue weighted by Crippen LogP contribution is -2.20. The van der Waals surface area contributed by atoms with Crippen LogP contribution in [0.25, 0.3) is 0 Å². The lowest BCUT2D eigenvalue weighted by atomic mass is 9.92. The van der Waals surface area contributed by atoms with Crippen LogP contribution >= 0.6 is 0 Å². The van der Waals surface area contributed by atoms with Crippen LogP contribution in [0.3, 0.4) is 0 Å². The van der Waals surface area contributed by atoms with Crippen LogP contribution in [0.5, 0.6) is 0 Å². The molecule has 1 N–H and O–H groups in total. The van der Waals surface area contributed by atoms with Crippen molar-refractivity contribution >= 4 is 0 Å². The van der Waals surface area contributed by atoms with E-state index < -0.39 is 0 Å². The van der Waals surface area contributed by atoms with Gasteiger partial charge in [0.25, 0.3) is 0 Å². The van der Waals surface area contributed by atoms with E-state index in [1.807, 2.05) is 0 Å². The molecule has 2 atom stereocenters. The Morgan fingerprint density at radius 1 is 1.37 bits per heavy atom. The van der Waals surface area contributed by atoms with Gasteiger partial charge in [0, 0.05) is 19.3 Å². The van der Waals surface area contributed by atoms with Crippen molar-refractivity contribution in [3.8, 4) is 0 Å². The molecule has 0 saturated carbocycles. The minimum absolute atomic E-state index is 0.457. The molecule has 0 aromatic heterocycles. The molecule has 1 fully saturated rings. The van der Waals surface area contributed by atoms with Crippen molar-refractivity contribution in [1.82, 2.24) is 5.32 Å². The van der Waals surface area contributed by atoms with E-state index in [0.29, 0.717) is 17.9 Å². The van der Waals surface area contributed by atoms with Crippen molar-refractivity contribution in [2.24, 2.45) is 11.8 Å². The maximum atomic E-state index is 5.49. The minimum atomic E-state index is 0.457. The monoisotopic (exact) mass is 261 g/mol. The van der Waals surface area contributed by atoms with Crippen molar-refractivity contribution in [1.29, 1.82) is 0 Å². The van der Waals surface area contributed by atoms with Crippen molar-refractivity contribution in [3.05, 3.63) is 35.4 Å². The zero-order valence-electron chi connectivity index (χ0n) is 12.5. The predicted octanol–water partition coefficient (Wildman–Crippen LogP) is 3.57. The number of nitrogens with one attached hydrogen (secondary N) is 1. The summed E-state index contributed by atoms with van der Waals surface area (Å²) in [6.45, 7) is 6.43. The van der Waals surface area contributed by atoms with Gasteiger partial charge in [0.2, 0.25) is 0 Å². The van der Waals surface area contributed by atoms with E-state index in [0.717, 1.165) is 19.6 Å². The molecule has 2 unspecified atom stereocenters. The summed E-state index contributed by atoms with van der Waals surface area (Å²) in [7, 11) is 2.07. The van der Waals surface area contributed by atoms with Gasteiger partial charge in [-0.05, 0) is 49.3 Å². The Morgan fingerprint density at radius 2 is 2.21 bits per heavy atom. The molecule has 1 heterocycles. The highest BCUT2D eigenvalue weighted by molar-refractivity contribution is 5.26. The molecule has 2 rings (SSSR count). The first kappa shape index (κ1) is 14.5. The molecule has 1 aromatic rings. The Kier molecular flexibility index (Phi) is 5.41. The van der Waals surface area contributed by atoms with Gasteiger partial charge in [0.15, 0.2) is 0 Å². The fourth-order valence-electron chi connectivity index (χ4n) is 2.93. The highest BCUT2D eigenvalue weighted by Crippen LogP contribution is 2.27. The molecular weight excluding hydrogens is 234 g/mol. The minimum Gasteiger partial charge on any atom is -0.381 e. The second-order valence-corrected chi connectivity index (χ2v) is 6.15. The van der Waals surface area contributed by atoms with E-state index in [1.165, 1.54) is 24.0 Å². The summed E-state index contributed by atoms with van der Waals surface area (Å²) in [5.74, 6) is 1.43. The van der Waals surface area contributed by atoms with E-state index in [4.69, 9.17) is 4.74 Å². The summed E-state index contributed by atoms with van der Waals surface area (Å²) in [6.07, 6.45) is 3.56. The normalized spacial score (nSPS) is 20.9. The Morgan fingerprint density at radius 3 is 2.84 bits per heavy atom. The summed E-state index contributed by atoms with van der Waals surface area (Å²) in [6, 6.07) is 9.52. The molecule has 0 bridgehead atoms. The molecule has 0 amide bonds. The molecule has 2 nitrogen and oxygen atoms in total. The third-order valence-corrected chi connectivity index (χ3v) is 3.94. The molecule has 2 heteroatoms. The smallest absolute Gasteiger partial charge is 0.0495 e. The van der Waals surface area contributed by atoms with Crippen LogP contribution in [0.15, 0.2) is 24.3 Å². The first-order valence-electron chi connectivity index (χ1n) is 7.53. The highest BCUT2D eigenvalue weighted by atomic mass is 16.5. The number of hydrogen-bond donors (Lipinski definition) is 1. The van der Waals surface area contributed by atoms with E-state index >= 15 is 0 Å². The molecule has 1 aliphatic heterocycles. The Balaban J connectivity index is 2.04. The third kappa shape index (κ3) is 4.32. The number of rotatable bonds is 6. The second kappa shape index (κ2) is 7.06. The molecule has 1 aliphatic rings. The van der Waals surface area contributed by atoms with E-state index in [-0.39, 0.29) is 0 Å². The van der Waals surface area contributed by atoms with Gasteiger partial charge in [-0.15, -0.1) is 0 Å². The average molecular weight is 261 g/mol. The van der Waals surface area contributed by atoms with Gasteiger partial charge in [-0.25, -0.2) is 0 Å². The Bertz CT molecular complexity index is 383. The van der Waals surface area contributed by atoms with Crippen molar-refractivity contribution in [2.45, 2.75) is 39.2 Å². The maximum absolute atomic E-state index is 5.49. The third-order valence-electron chi connectivity index (χ3n) is 3.94. The molecule has 0 spiro atoms. The first-order chi connectivity index (χ1) is 9.19. The molecule has 1 aromatic carbocycles. The van der Waals surface area contributed by atoms with Gasteiger partial charge in [0.1, 0.15) is 0 Å². The zero-order chi connectivity index (χ0) is 13.7. The summed E-state index contributed by atoms with van der Waals surface area (Å²) in [5, 5.41) is 3.47. The molecule has 1 saturated heterocycles. The fraction of sp³-hybridized carbons (Fsp3) is 0.647. The van der Waals surface area contributed by atoms with E-state index in [9.17, 15) is 0 Å². The standard InChI is InChI=1S/C17H27NO/c1-13(2)9-14-5-4-6-16(10-14)17(18-3)11-15-7-8-19-12-15/h4-6,10,13,15,17-18H,7-9,11-12H2,1-3H3. The Hall–Kier alpha value is -0.860. The second-order valence-electron chi connectivity index (χ2n) is 6.15. The van der Waals surface area contributed by atoms with Crippen molar-refractivity contribution in [3.63, 3.8) is 0 Å². The van der Waals surface area contributed by atoms with Crippen LogP contribution in [0.4, 0.5) is 0 Å². The lowest BCUT2D eigenvalue weighted by molar-refractivity contribution is 0.181. The van der Waals surface area contributed by atoms with Gasteiger partial charge in [-0.3, -0.25) is 0 Å².